The van der Waals surface area contributed by atoms with Crippen LogP contribution in [0.5, 0.6) is 0 Å². The molecule has 0 unspecified atom stereocenters. The summed E-state index contributed by atoms with van der Waals surface area (Å²) >= 11 is 1.43. The second-order valence-corrected chi connectivity index (χ2v) is 8.48. The number of allylic oxidation sites excluding steroid dienone is 1. The Hall–Kier alpha value is -2.08. The van der Waals surface area contributed by atoms with Gasteiger partial charge in [0.2, 0.25) is 5.91 Å². The molecule has 2 aliphatic heterocycles. The topological polar surface area (TPSA) is 59.0 Å². The number of hydrogen-bond acceptors (Lipinski definition) is 5. The number of rotatable bonds is 4. The zero-order valence-corrected chi connectivity index (χ0v) is 16.6. The first-order chi connectivity index (χ1) is 12.3. The molecule has 0 spiro atoms. The fourth-order valence-corrected chi connectivity index (χ4v) is 4.08. The highest BCUT2D eigenvalue weighted by atomic mass is 32.2. The van der Waals surface area contributed by atoms with Gasteiger partial charge < -0.3 is 4.74 Å². The molecule has 3 rings (SSSR count). The van der Waals surface area contributed by atoms with Crippen LogP contribution in [0.2, 0.25) is 0 Å². The third-order valence-electron chi connectivity index (χ3n) is 4.42. The molecule has 2 atom stereocenters. The van der Waals surface area contributed by atoms with Gasteiger partial charge in [-0.1, -0.05) is 55.4 Å². The summed E-state index contributed by atoms with van der Waals surface area (Å²) < 4.78 is 5.49. The molecule has 2 aliphatic rings. The molecule has 138 valence electrons. The Morgan fingerprint density at radius 3 is 2.54 bits per heavy atom. The number of amidine groups is 1. The van der Waals surface area contributed by atoms with E-state index < -0.39 is 12.0 Å². The summed E-state index contributed by atoms with van der Waals surface area (Å²) in [6, 6.07) is 7.42. The molecule has 0 aromatic heterocycles. The quantitative estimate of drug-likeness (QED) is 0.754. The average Bonchev–Trinajstić information content (AvgIpc) is 2.86. The minimum Gasteiger partial charge on any atom is -0.462 e. The Kier molecular flexibility index (Phi) is 5.23. The van der Waals surface area contributed by atoms with Crippen LogP contribution in [0.1, 0.15) is 44.9 Å². The molecule has 26 heavy (non-hydrogen) atoms. The van der Waals surface area contributed by atoms with Gasteiger partial charge in [-0.15, -0.1) is 0 Å². The number of benzene rings is 1. The average molecular weight is 372 g/mol. The molecule has 2 heterocycles. The number of nitrogens with zero attached hydrogens (tertiary/aromatic N) is 2. The number of carbonyl (C=O) groups is 2. The summed E-state index contributed by atoms with van der Waals surface area (Å²) in [6.45, 7) is 10.0. The van der Waals surface area contributed by atoms with Gasteiger partial charge in [-0.05, 0) is 32.3 Å². The van der Waals surface area contributed by atoms with Crippen molar-refractivity contribution in [3.63, 3.8) is 0 Å². The van der Waals surface area contributed by atoms with Crippen molar-refractivity contribution in [2.75, 3.05) is 6.61 Å². The molecule has 0 radical (unpaired) electrons. The van der Waals surface area contributed by atoms with Crippen molar-refractivity contribution < 1.29 is 14.3 Å². The van der Waals surface area contributed by atoms with E-state index in [0.717, 1.165) is 11.1 Å². The third kappa shape index (κ3) is 3.43. The first-order valence-electron chi connectivity index (χ1n) is 8.82. The highest BCUT2D eigenvalue weighted by molar-refractivity contribution is 8.15. The van der Waals surface area contributed by atoms with E-state index in [1.54, 1.807) is 4.90 Å². The standard InChI is InChI=1S/C20H24N2O3S/c1-11(2)10-25-19(24)16-13(4)21-20-22(18(23)14(5)26-20)17(16)15-8-6-12(3)7-9-15/h6-9,11,14,17H,10H2,1-5H3/t14-,17-/m1/s1. The minimum absolute atomic E-state index is 0.0269. The zero-order chi connectivity index (χ0) is 19.0. The lowest BCUT2D eigenvalue weighted by molar-refractivity contribution is -0.141. The lowest BCUT2D eigenvalue weighted by atomic mass is 9.93. The van der Waals surface area contributed by atoms with E-state index in [0.29, 0.717) is 23.0 Å². The normalized spacial score (nSPS) is 22.6. The molecule has 5 nitrogen and oxygen atoms in total. The number of fused-ring (bicyclic) bond motifs is 1. The predicted octanol–water partition coefficient (Wildman–Crippen LogP) is 3.84. The Morgan fingerprint density at radius 2 is 1.92 bits per heavy atom. The van der Waals surface area contributed by atoms with Gasteiger partial charge in [0.15, 0.2) is 5.17 Å². The summed E-state index contributed by atoms with van der Waals surface area (Å²) in [5.41, 5.74) is 3.08. The van der Waals surface area contributed by atoms with Gasteiger partial charge in [0.25, 0.3) is 0 Å². The van der Waals surface area contributed by atoms with Crippen LogP contribution in [0, 0.1) is 12.8 Å². The number of thioether (sulfide) groups is 1. The van der Waals surface area contributed by atoms with Crippen LogP contribution in [-0.2, 0) is 14.3 Å². The van der Waals surface area contributed by atoms with Gasteiger partial charge in [0.05, 0.1) is 29.2 Å². The molecule has 1 saturated heterocycles. The van der Waals surface area contributed by atoms with E-state index >= 15 is 0 Å². The van der Waals surface area contributed by atoms with Crippen molar-refractivity contribution in [2.24, 2.45) is 10.9 Å². The van der Waals surface area contributed by atoms with Crippen molar-refractivity contribution in [3.05, 3.63) is 46.7 Å². The Bertz CT molecular complexity index is 796. The van der Waals surface area contributed by atoms with E-state index in [2.05, 4.69) is 4.99 Å². The molecule has 6 heteroatoms. The molecule has 0 aliphatic carbocycles. The van der Waals surface area contributed by atoms with Crippen LogP contribution in [0.4, 0.5) is 0 Å². The van der Waals surface area contributed by atoms with E-state index in [9.17, 15) is 9.59 Å². The smallest absolute Gasteiger partial charge is 0.338 e. The lowest BCUT2D eigenvalue weighted by Gasteiger charge is -2.33. The monoisotopic (exact) mass is 372 g/mol. The maximum Gasteiger partial charge on any atom is 0.338 e. The van der Waals surface area contributed by atoms with Gasteiger partial charge in [-0.3, -0.25) is 9.69 Å². The summed E-state index contributed by atoms with van der Waals surface area (Å²) in [7, 11) is 0. The SMILES string of the molecule is CC1=C(C(=O)OCC(C)C)[C@@H](c2ccc(C)cc2)N2C(=O)[C@@H](C)SC2=N1. The van der Waals surface area contributed by atoms with Gasteiger partial charge in [0.1, 0.15) is 0 Å². The second-order valence-electron chi connectivity index (χ2n) is 7.17. The number of aryl methyl sites for hydroxylation is 1. The third-order valence-corrected chi connectivity index (χ3v) is 5.47. The van der Waals surface area contributed by atoms with Crippen LogP contribution in [-0.4, -0.2) is 33.8 Å². The van der Waals surface area contributed by atoms with Gasteiger partial charge in [0, 0.05) is 0 Å². The summed E-state index contributed by atoms with van der Waals surface area (Å²) in [4.78, 5) is 31.8. The summed E-state index contributed by atoms with van der Waals surface area (Å²) in [6.07, 6.45) is 0. The number of hydrogen-bond donors (Lipinski definition) is 0. The molecule has 1 aromatic rings. The van der Waals surface area contributed by atoms with E-state index in [1.165, 1.54) is 11.8 Å². The van der Waals surface area contributed by atoms with Crippen molar-refractivity contribution in [2.45, 2.75) is 45.9 Å². The van der Waals surface area contributed by atoms with Crippen molar-refractivity contribution in [1.82, 2.24) is 4.90 Å². The van der Waals surface area contributed by atoms with E-state index in [1.807, 2.05) is 58.9 Å². The Labute approximate surface area is 158 Å². The second kappa shape index (κ2) is 7.27. The van der Waals surface area contributed by atoms with Crippen LogP contribution in [0.15, 0.2) is 40.5 Å². The number of amides is 1. The molecular formula is C20H24N2O3S. The molecule has 1 fully saturated rings. The summed E-state index contributed by atoms with van der Waals surface area (Å²) in [5, 5.41) is 0.450. The Balaban J connectivity index is 2.06. The summed E-state index contributed by atoms with van der Waals surface area (Å²) in [5.74, 6) is -0.188. The maximum absolute atomic E-state index is 12.8. The number of esters is 1. The molecule has 1 aromatic carbocycles. The van der Waals surface area contributed by atoms with Crippen LogP contribution in [0.25, 0.3) is 0 Å². The zero-order valence-electron chi connectivity index (χ0n) is 15.8. The number of carbonyl (C=O) groups excluding carboxylic acids is 2. The van der Waals surface area contributed by atoms with E-state index in [4.69, 9.17) is 4.74 Å². The van der Waals surface area contributed by atoms with Gasteiger partial charge in [-0.2, -0.15) is 0 Å². The predicted molar refractivity (Wildman–Crippen MR) is 104 cm³/mol. The number of ether oxygens (including phenoxy) is 1. The lowest BCUT2D eigenvalue weighted by Crippen LogP contribution is -2.40. The first kappa shape index (κ1) is 18.7. The molecule has 0 N–H and O–H groups in total. The molecule has 0 bridgehead atoms. The van der Waals surface area contributed by atoms with Crippen molar-refractivity contribution >= 4 is 28.8 Å². The molecule has 0 saturated carbocycles. The minimum atomic E-state index is -0.493. The Morgan fingerprint density at radius 1 is 1.27 bits per heavy atom. The fraction of sp³-hybridized carbons (Fsp3) is 0.450. The highest BCUT2D eigenvalue weighted by Crippen LogP contribution is 2.43. The molecule has 1 amide bonds. The highest BCUT2D eigenvalue weighted by Gasteiger charge is 2.46. The van der Waals surface area contributed by atoms with Crippen LogP contribution >= 0.6 is 11.8 Å². The van der Waals surface area contributed by atoms with Gasteiger partial charge >= 0.3 is 5.97 Å². The van der Waals surface area contributed by atoms with E-state index in [-0.39, 0.29) is 17.1 Å². The van der Waals surface area contributed by atoms with Crippen molar-refractivity contribution in [1.29, 1.82) is 0 Å². The van der Waals surface area contributed by atoms with Gasteiger partial charge in [-0.25, -0.2) is 9.79 Å². The first-order valence-corrected chi connectivity index (χ1v) is 9.70. The van der Waals surface area contributed by atoms with Crippen LogP contribution < -0.4 is 0 Å². The van der Waals surface area contributed by atoms with Crippen molar-refractivity contribution in [3.8, 4) is 0 Å². The maximum atomic E-state index is 12.8. The fourth-order valence-electron chi connectivity index (χ4n) is 3.05. The van der Waals surface area contributed by atoms with Crippen LogP contribution in [0.3, 0.4) is 0 Å². The largest absolute Gasteiger partial charge is 0.462 e. The number of aliphatic imine (C=N–C) groups is 1. The molecular weight excluding hydrogens is 348 g/mol.